The minimum absolute atomic E-state index is 0.0558. The van der Waals surface area contributed by atoms with Gasteiger partial charge < -0.3 is 9.84 Å². The van der Waals surface area contributed by atoms with Crippen molar-refractivity contribution >= 4 is 11.6 Å². The number of aryl methyl sites for hydroxylation is 3. The molecule has 4 heteroatoms. The average Bonchev–Trinajstić information content (AvgIpc) is 3.12. The van der Waals surface area contributed by atoms with Gasteiger partial charge in [-0.15, -0.1) is 0 Å². The zero-order valence-corrected chi connectivity index (χ0v) is 13.5. The van der Waals surface area contributed by atoms with Crippen LogP contribution in [0.15, 0.2) is 24.3 Å². The van der Waals surface area contributed by atoms with Crippen LogP contribution in [-0.4, -0.2) is 35.0 Å². The van der Waals surface area contributed by atoms with Gasteiger partial charge in [-0.05, 0) is 37.5 Å². The lowest BCUT2D eigenvalue weighted by molar-refractivity contribution is -0.130. The molecule has 120 valence electrons. The summed E-state index contributed by atoms with van der Waals surface area (Å²) in [5, 5.41) is 9.76. The summed E-state index contributed by atoms with van der Waals surface area (Å²) in [6, 6.07) is 4.03. The number of benzene rings is 1. The van der Waals surface area contributed by atoms with Gasteiger partial charge in [0.05, 0.1) is 24.5 Å². The molecule has 1 aliphatic carbocycles. The second kappa shape index (κ2) is 4.62. The van der Waals surface area contributed by atoms with Crippen molar-refractivity contribution in [1.82, 2.24) is 0 Å². The van der Waals surface area contributed by atoms with Gasteiger partial charge in [0, 0.05) is 0 Å². The first-order valence-corrected chi connectivity index (χ1v) is 8.03. The second-order valence-electron chi connectivity index (χ2n) is 7.11. The van der Waals surface area contributed by atoms with Crippen molar-refractivity contribution in [3.63, 3.8) is 0 Å². The van der Waals surface area contributed by atoms with Crippen molar-refractivity contribution in [3.8, 4) is 0 Å². The number of hydrogen-bond donors (Lipinski definition) is 1. The molecule has 4 nitrogen and oxygen atoms in total. The number of rotatable bonds is 2. The van der Waals surface area contributed by atoms with Crippen molar-refractivity contribution in [2.24, 2.45) is 11.8 Å². The van der Waals surface area contributed by atoms with E-state index in [-0.39, 0.29) is 24.3 Å². The summed E-state index contributed by atoms with van der Waals surface area (Å²) >= 11 is 0. The van der Waals surface area contributed by atoms with Gasteiger partial charge >= 0.3 is 0 Å². The molecule has 23 heavy (non-hydrogen) atoms. The van der Waals surface area contributed by atoms with Gasteiger partial charge in [0.15, 0.2) is 11.6 Å². The van der Waals surface area contributed by atoms with E-state index in [1.54, 1.807) is 6.08 Å². The Hall–Kier alpha value is -1.78. The van der Waals surface area contributed by atoms with Crippen LogP contribution in [0.4, 0.5) is 0 Å². The minimum atomic E-state index is -0.997. The number of Topliss-reactive ketones (excluding diaryl/α,β-unsaturated/α-hetero) is 2. The number of ether oxygens (including phenoxy) is 1. The fourth-order valence-electron chi connectivity index (χ4n) is 4.83. The molecule has 1 saturated heterocycles. The molecular formula is C19H20O4. The predicted molar refractivity (Wildman–Crippen MR) is 84.2 cm³/mol. The molecule has 5 unspecified atom stereocenters. The van der Waals surface area contributed by atoms with Gasteiger partial charge in [0.1, 0.15) is 11.5 Å². The molecule has 3 aliphatic rings. The van der Waals surface area contributed by atoms with Crippen LogP contribution in [0.5, 0.6) is 0 Å². The van der Waals surface area contributed by atoms with Crippen molar-refractivity contribution in [3.05, 3.63) is 46.5 Å². The Morgan fingerprint density at radius 3 is 2.39 bits per heavy atom. The molecule has 2 heterocycles. The molecule has 0 amide bonds. The van der Waals surface area contributed by atoms with Gasteiger partial charge in [-0.25, -0.2) is 0 Å². The Bertz CT molecular complexity index is 740. The maximum absolute atomic E-state index is 13.1. The zero-order chi connectivity index (χ0) is 16.5. The topological polar surface area (TPSA) is 63.6 Å². The molecule has 5 atom stereocenters. The van der Waals surface area contributed by atoms with E-state index in [0.717, 1.165) is 22.3 Å². The molecule has 2 aliphatic heterocycles. The highest BCUT2D eigenvalue weighted by Gasteiger charge is 2.67. The van der Waals surface area contributed by atoms with Crippen LogP contribution in [0.25, 0.3) is 0 Å². The normalized spacial score (nSPS) is 37.7. The summed E-state index contributed by atoms with van der Waals surface area (Å²) in [4.78, 5) is 26.1. The van der Waals surface area contributed by atoms with E-state index in [4.69, 9.17) is 4.74 Å². The molecule has 0 spiro atoms. The van der Waals surface area contributed by atoms with Crippen molar-refractivity contribution in [1.29, 1.82) is 0 Å². The summed E-state index contributed by atoms with van der Waals surface area (Å²) < 4.78 is 5.78. The Morgan fingerprint density at radius 2 is 1.78 bits per heavy atom. The molecule has 1 N–H and O–H groups in total. The van der Waals surface area contributed by atoms with Gasteiger partial charge in [-0.2, -0.15) is 0 Å². The number of aliphatic hydroxyl groups is 1. The molecule has 1 aromatic carbocycles. The monoisotopic (exact) mass is 312 g/mol. The van der Waals surface area contributed by atoms with Crippen LogP contribution in [0.1, 0.15) is 28.2 Å². The lowest BCUT2D eigenvalue weighted by Gasteiger charge is -2.26. The van der Waals surface area contributed by atoms with Crippen molar-refractivity contribution in [2.75, 3.05) is 6.61 Å². The van der Waals surface area contributed by atoms with Crippen molar-refractivity contribution in [2.45, 2.75) is 38.4 Å². The first-order chi connectivity index (χ1) is 10.9. The highest BCUT2D eigenvalue weighted by atomic mass is 16.5. The minimum Gasteiger partial charge on any atom is -0.393 e. The number of fused-ring (bicyclic) bond motifs is 5. The highest BCUT2D eigenvalue weighted by Crippen LogP contribution is 2.55. The van der Waals surface area contributed by atoms with Gasteiger partial charge in [0.2, 0.25) is 0 Å². The van der Waals surface area contributed by atoms with Crippen LogP contribution in [-0.2, 0) is 14.3 Å². The molecule has 1 aromatic rings. The SMILES string of the molecule is Cc1cc(C)c(C2C(=O)C3C4C=CC(CO)(O4)C3C2=O)c(C)c1. The molecule has 0 aromatic heterocycles. The third-order valence-corrected chi connectivity index (χ3v) is 5.64. The second-order valence-corrected chi connectivity index (χ2v) is 7.11. The van der Waals surface area contributed by atoms with E-state index < -0.39 is 23.4 Å². The maximum atomic E-state index is 13.1. The summed E-state index contributed by atoms with van der Waals surface area (Å²) in [6.45, 7) is 5.65. The van der Waals surface area contributed by atoms with Crippen LogP contribution >= 0.6 is 0 Å². The summed E-state index contributed by atoms with van der Waals surface area (Å²) in [5.41, 5.74) is 2.93. The van der Waals surface area contributed by atoms with Crippen molar-refractivity contribution < 1.29 is 19.4 Å². The van der Waals surface area contributed by atoms with Crippen LogP contribution in [0, 0.1) is 32.6 Å². The van der Waals surface area contributed by atoms with E-state index in [2.05, 4.69) is 0 Å². The smallest absolute Gasteiger partial charge is 0.155 e. The third kappa shape index (κ3) is 1.73. The number of aliphatic hydroxyl groups excluding tert-OH is 1. The van der Waals surface area contributed by atoms with E-state index in [1.807, 2.05) is 39.0 Å². The number of hydrogen-bond acceptors (Lipinski definition) is 4. The van der Waals surface area contributed by atoms with E-state index in [1.165, 1.54) is 0 Å². The zero-order valence-electron chi connectivity index (χ0n) is 13.5. The molecule has 0 radical (unpaired) electrons. The highest BCUT2D eigenvalue weighted by molar-refractivity contribution is 6.17. The Labute approximate surface area is 135 Å². The lowest BCUT2D eigenvalue weighted by Crippen LogP contribution is -2.41. The largest absolute Gasteiger partial charge is 0.393 e. The van der Waals surface area contributed by atoms with Gasteiger partial charge in [-0.1, -0.05) is 29.8 Å². The quantitative estimate of drug-likeness (QED) is 0.668. The standard InChI is InChI=1S/C19H20O4/c1-9-6-10(2)13(11(3)7-9)15-17(21)14-12-4-5-19(8-20,23-12)16(14)18(15)22/h4-7,12,14-16,20H,8H2,1-3H3. The maximum Gasteiger partial charge on any atom is 0.155 e. The van der Waals surface area contributed by atoms with E-state index >= 15 is 0 Å². The number of ketones is 2. The Kier molecular flexibility index (Phi) is 2.97. The van der Waals surface area contributed by atoms with Gasteiger partial charge in [0.25, 0.3) is 0 Å². The molecule has 1 saturated carbocycles. The average molecular weight is 312 g/mol. The number of carbonyl (C=O) groups excluding carboxylic acids is 2. The predicted octanol–water partition coefficient (Wildman–Crippen LogP) is 1.78. The number of carbonyl (C=O) groups is 2. The Morgan fingerprint density at radius 1 is 1.13 bits per heavy atom. The van der Waals surface area contributed by atoms with Crippen LogP contribution in [0.2, 0.25) is 0 Å². The molecule has 2 bridgehead atoms. The fourth-order valence-corrected chi connectivity index (χ4v) is 4.83. The first-order valence-electron chi connectivity index (χ1n) is 8.03. The molecule has 4 rings (SSSR count). The van der Waals surface area contributed by atoms with Crippen LogP contribution < -0.4 is 0 Å². The summed E-state index contributed by atoms with van der Waals surface area (Å²) in [6.07, 6.45) is 3.21. The molecule has 2 fully saturated rings. The van der Waals surface area contributed by atoms with E-state index in [0.29, 0.717) is 0 Å². The molecular weight excluding hydrogens is 292 g/mol. The Balaban J connectivity index is 1.83. The van der Waals surface area contributed by atoms with Gasteiger partial charge in [-0.3, -0.25) is 9.59 Å². The fraction of sp³-hybridized carbons (Fsp3) is 0.474. The lowest BCUT2D eigenvalue weighted by atomic mass is 9.77. The first kappa shape index (κ1) is 14.8. The summed E-state index contributed by atoms with van der Waals surface area (Å²) in [5.74, 6) is -1.89. The summed E-state index contributed by atoms with van der Waals surface area (Å²) in [7, 11) is 0. The third-order valence-electron chi connectivity index (χ3n) is 5.64. The van der Waals surface area contributed by atoms with Crippen LogP contribution in [0.3, 0.4) is 0 Å². The van der Waals surface area contributed by atoms with E-state index in [9.17, 15) is 14.7 Å².